The van der Waals surface area contributed by atoms with Crippen LogP contribution in [0.1, 0.15) is 11.1 Å². The molecule has 0 aliphatic carbocycles. The van der Waals surface area contributed by atoms with Gasteiger partial charge in [0.2, 0.25) is 0 Å². The fraction of sp³-hybridized carbons (Fsp3) is 0.417. The van der Waals surface area contributed by atoms with Crippen molar-refractivity contribution in [2.75, 3.05) is 20.3 Å². The van der Waals surface area contributed by atoms with Gasteiger partial charge in [-0.25, -0.2) is 4.79 Å². The van der Waals surface area contributed by atoms with Gasteiger partial charge in [-0.3, -0.25) is 0 Å². The Kier molecular flexibility index (Phi) is 5.36. The van der Waals surface area contributed by atoms with Gasteiger partial charge in [-0.05, 0) is 12.5 Å². The molecule has 0 saturated carbocycles. The lowest BCUT2D eigenvalue weighted by Gasteiger charge is -2.07. The number of nitrogens with one attached hydrogen (secondary N) is 2. The van der Waals surface area contributed by atoms with Crippen LogP contribution < -0.4 is 10.6 Å². The third kappa shape index (κ3) is 4.79. The van der Waals surface area contributed by atoms with Gasteiger partial charge in [-0.2, -0.15) is 0 Å². The predicted octanol–water partition coefficient (Wildman–Crippen LogP) is 1.44. The lowest BCUT2D eigenvalue weighted by molar-refractivity contribution is 0.196. The highest BCUT2D eigenvalue weighted by Crippen LogP contribution is 2.02. The molecule has 0 aromatic heterocycles. The first-order valence-electron chi connectivity index (χ1n) is 5.28. The van der Waals surface area contributed by atoms with Crippen LogP contribution in [0.5, 0.6) is 0 Å². The first kappa shape index (κ1) is 12.5. The monoisotopic (exact) mass is 222 g/mol. The number of carbonyl (C=O) groups is 1. The fourth-order valence-electron chi connectivity index (χ4n) is 1.22. The molecule has 0 radical (unpaired) electrons. The number of benzene rings is 1. The van der Waals surface area contributed by atoms with Crippen LogP contribution in [0.25, 0.3) is 0 Å². The standard InChI is InChI=1S/C12H18N2O2/c1-10-3-5-11(6-4-10)9-14-12(15)13-7-8-16-2/h3-6H,7-9H2,1-2H3,(H2,13,14,15). The molecule has 88 valence electrons. The molecule has 0 spiro atoms. The van der Waals surface area contributed by atoms with Crippen LogP contribution in [0.2, 0.25) is 0 Å². The van der Waals surface area contributed by atoms with Crippen molar-refractivity contribution < 1.29 is 9.53 Å². The van der Waals surface area contributed by atoms with Crippen molar-refractivity contribution in [3.8, 4) is 0 Å². The molecular weight excluding hydrogens is 204 g/mol. The van der Waals surface area contributed by atoms with Crippen molar-refractivity contribution in [1.82, 2.24) is 10.6 Å². The maximum atomic E-state index is 11.3. The van der Waals surface area contributed by atoms with Gasteiger partial charge < -0.3 is 15.4 Å². The minimum atomic E-state index is -0.169. The van der Waals surface area contributed by atoms with E-state index in [2.05, 4.69) is 10.6 Å². The molecule has 2 N–H and O–H groups in total. The van der Waals surface area contributed by atoms with E-state index in [9.17, 15) is 4.79 Å². The van der Waals surface area contributed by atoms with Gasteiger partial charge in [0.05, 0.1) is 6.61 Å². The summed E-state index contributed by atoms with van der Waals surface area (Å²) in [6.45, 7) is 3.63. The molecule has 4 heteroatoms. The largest absolute Gasteiger partial charge is 0.383 e. The Bertz CT molecular complexity index is 322. The molecule has 16 heavy (non-hydrogen) atoms. The number of amides is 2. The highest BCUT2D eigenvalue weighted by Gasteiger charge is 1.98. The Morgan fingerprint density at radius 1 is 1.25 bits per heavy atom. The predicted molar refractivity (Wildman–Crippen MR) is 63.3 cm³/mol. The van der Waals surface area contributed by atoms with Crippen molar-refractivity contribution in [3.63, 3.8) is 0 Å². The Hall–Kier alpha value is -1.55. The van der Waals surface area contributed by atoms with Crippen LogP contribution in [0.3, 0.4) is 0 Å². The van der Waals surface area contributed by atoms with Gasteiger partial charge in [0.1, 0.15) is 0 Å². The van der Waals surface area contributed by atoms with Crippen molar-refractivity contribution in [3.05, 3.63) is 35.4 Å². The summed E-state index contributed by atoms with van der Waals surface area (Å²) in [4.78, 5) is 11.3. The number of aryl methyl sites for hydroxylation is 1. The second-order valence-corrected chi connectivity index (χ2v) is 3.59. The van der Waals surface area contributed by atoms with Gasteiger partial charge in [0.25, 0.3) is 0 Å². The minimum Gasteiger partial charge on any atom is -0.383 e. The number of hydrogen-bond acceptors (Lipinski definition) is 2. The van der Waals surface area contributed by atoms with E-state index in [-0.39, 0.29) is 6.03 Å². The van der Waals surface area contributed by atoms with Gasteiger partial charge in [-0.1, -0.05) is 29.8 Å². The Morgan fingerprint density at radius 3 is 2.56 bits per heavy atom. The smallest absolute Gasteiger partial charge is 0.315 e. The average Bonchev–Trinajstić information content (AvgIpc) is 2.29. The Morgan fingerprint density at radius 2 is 1.94 bits per heavy atom. The fourth-order valence-corrected chi connectivity index (χ4v) is 1.22. The lowest BCUT2D eigenvalue weighted by Crippen LogP contribution is -2.36. The van der Waals surface area contributed by atoms with Crippen LogP contribution in [0.15, 0.2) is 24.3 Å². The summed E-state index contributed by atoms with van der Waals surface area (Å²) in [6.07, 6.45) is 0. The van der Waals surface area contributed by atoms with Crippen molar-refractivity contribution in [2.24, 2.45) is 0 Å². The molecule has 0 aliphatic rings. The molecule has 0 unspecified atom stereocenters. The number of ether oxygens (including phenoxy) is 1. The number of urea groups is 1. The van der Waals surface area contributed by atoms with Crippen molar-refractivity contribution in [2.45, 2.75) is 13.5 Å². The highest BCUT2D eigenvalue weighted by molar-refractivity contribution is 5.73. The van der Waals surface area contributed by atoms with E-state index in [4.69, 9.17) is 4.74 Å². The Balaban J connectivity index is 2.23. The van der Waals surface area contributed by atoms with E-state index >= 15 is 0 Å². The molecule has 0 aliphatic heterocycles. The second-order valence-electron chi connectivity index (χ2n) is 3.59. The zero-order valence-corrected chi connectivity index (χ0v) is 9.75. The zero-order chi connectivity index (χ0) is 11.8. The van der Waals surface area contributed by atoms with E-state index < -0.39 is 0 Å². The van der Waals surface area contributed by atoms with Crippen LogP contribution in [0, 0.1) is 6.92 Å². The molecule has 0 saturated heterocycles. The summed E-state index contributed by atoms with van der Waals surface area (Å²) in [6, 6.07) is 7.90. The summed E-state index contributed by atoms with van der Waals surface area (Å²) >= 11 is 0. The first-order chi connectivity index (χ1) is 7.72. The van der Waals surface area contributed by atoms with Crippen molar-refractivity contribution in [1.29, 1.82) is 0 Å². The van der Waals surface area contributed by atoms with Gasteiger partial charge >= 0.3 is 6.03 Å². The van der Waals surface area contributed by atoms with E-state index in [1.165, 1.54) is 5.56 Å². The topological polar surface area (TPSA) is 50.4 Å². The zero-order valence-electron chi connectivity index (χ0n) is 9.75. The van der Waals surface area contributed by atoms with Gasteiger partial charge in [0, 0.05) is 20.2 Å². The molecule has 0 atom stereocenters. The number of rotatable bonds is 5. The lowest BCUT2D eigenvalue weighted by atomic mass is 10.1. The quantitative estimate of drug-likeness (QED) is 0.741. The number of carbonyl (C=O) groups excluding carboxylic acids is 1. The maximum Gasteiger partial charge on any atom is 0.315 e. The summed E-state index contributed by atoms with van der Waals surface area (Å²) in [5.41, 5.74) is 2.31. The van der Waals surface area contributed by atoms with Crippen LogP contribution in [-0.2, 0) is 11.3 Å². The van der Waals surface area contributed by atoms with E-state index in [0.717, 1.165) is 5.56 Å². The normalized spacial score (nSPS) is 9.88. The van der Waals surface area contributed by atoms with E-state index in [0.29, 0.717) is 19.7 Å². The third-order valence-corrected chi connectivity index (χ3v) is 2.17. The second kappa shape index (κ2) is 6.85. The molecule has 1 aromatic rings. The number of methoxy groups -OCH3 is 1. The Labute approximate surface area is 96.0 Å². The number of hydrogen-bond donors (Lipinski definition) is 2. The summed E-state index contributed by atoms with van der Waals surface area (Å²) < 4.78 is 4.83. The third-order valence-electron chi connectivity index (χ3n) is 2.17. The first-order valence-corrected chi connectivity index (χ1v) is 5.28. The molecule has 0 heterocycles. The molecule has 1 rings (SSSR count). The van der Waals surface area contributed by atoms with Crippen LogP contribution >= 0.6 is 0 Å². The van der Waals surface area contributed by atoms with Crippen molar-refractivity contribution >= 4 is 6.03 Å². The molecule has 4 nitrogen and oxygen atoms in total. The maximum absolute atomic E-state index is 11.3. The highest BCUT2D eigenvalue weighted by atomic mass is 16.5. The summed E-state index contributed by atoms with van der Waals surface area (Å²) in [7, 11) is 1.60. The van der Waals surface area contributed by atoms with Gasteiger partial charge in [0.15, 0.2) is 0 Å². The van der Waals surface area contributed by atoms with E-state index in [1.54, 1.807) is 7.11 Å². The van der Waals surface area contributed by atoms with Gasteiger partial charge in [-0.15, -0.1) is 0 Å². The SMILES string of the molecule is COCCNC(=O)NCc1ccc(C)cc1. The minimum absolute atomic E-state index is 0.169. The molecule has 0 fully saturated rings. The van der Waals surface area contributed by atoms with E-state index in [1.807, 2.05) is 31.2 Å². The molecule has 2 amide bonds. The van der Waals surface area contributed by atoms with Crippen LogP contribution in [0.4, 0.5) is 4.79 Å². The molecule has 0 bridgehead atoms. The molecule has 1 aromatic carbocycles. The molecular formula is C12H18N2O2. The summed E-state index contributed by atoms with van der Waals surface area (Å²) in [5, 5.41) is 5.46. The average molecular weight is 222 g/mol. The summed E-state index contributed by atoms with van der Waals surface area (Å²) in [5.74, 6) is 0. The van der Waals surface area contributed by atoms with Crippen LogP contribution in [-0.4, -0.2) is 26.3 Å².